The van der Waals surface area contributed by atoms with Gasteiger partial charge >= 0.3 is 0 Å². The van der Waals surface area contributed by atoms with Gasteiger partial charge in [0.1, 0.15) is 0 Å². The molecule has 0 amide bonds. The Balaban J connectivity index is 3.27. The van der Waals surface area contributed by atoms with Crippen molar-refractivity contribution in [3.05, 3.63) is 33.3 Å². The number of hydrogen-bond acceptors (Lipinski definition) is 2. The molecule has 0 fully saturated rings. The fraction of sp³-hybridized carbons (Fsp3) is 0.500. The lowest BCUT2D eigenvalue weighted by molar-refractivity contribution is -0.0520. The predicted molar refractivity (Wildman–Crippen MR) is 71.6 cm³/mol. The van der Waals surface area contributed by atoms with Crippen LogP contribution in [0.4, 0.5) is 0 Å². The summed E-state index contributed by atoms with van der Waals surface area (Å²) >= 11 is 9.49. The molecular weight excluding hydrogens is 289 g/mol. The van der Waals surface area contributed by atoms with E-state index in [0.29, 0.717) is 17.1 Å². The molecule has 0 radical (unpaired) electrons. The van der Waals surface area contributed by atoms with E-state index in [4.69, 9.17) is 17.3 Å². The second-order valence-electron chi connectivity index (χ2n) is 4.78. The minimum absolute atomic E-state index is 0.381. The van der Waals surface area contributed by atoms with Gasteiger partial charge in [-0.05, 0) is 19.1 Å². The van der Waals surface area contributed by atoms with Gasteiger partial charge in [0, 0.05) is 27.0 Å². The highest BCUT2D eigenvalue weighted by Crippen LogP contribution is 2.41. The molecule has 1 atom stereocenters. The van der Waals surface area contributed by atoms with Gasteiger partial charge in [-0.15, -0.1) is 0 Å². The number of benzene rings is 1. The van der Waals surface area contributed by atoms with Gasteiger partial charge in [-0.3, -0.25) is 0 Å². The van der Waals surface area contributed by atoms with Crippen molar-refractivity contribution in [3.63, 3.8) is 0 Å². The van der Waals surface area contributed by atoms with Gasteiger partial charge in [0.15, 0.2) is 0 Å². The molecule has 0 bridgehead atoms. The molecular formula is C12H17BrClNO. The fourth-order valence-corrected chi connectivity index (χ4v) is 2.30. The maximum absolute atomic E-state index is 10.6. The van der Waals surface area contributed by atoms with E-state index in [-0.39, 0.29) is 0 Å². The van der Waals surface area contributed by atoms with Gasteiger partial charge in [-0.1, -0.05) is 47.4 Å². The quantitative estimate of drug-likeness (QED) is 0.900. The van der Waals surface area contributed by atoms with E-state index in [1.54, 1.807) is 13.0 Å². The standard InChI is InChI=1S/C12H17BrClNO/c1-11(2,7-15)12(3,16)9-5-4-8(13)6-10(9)14/h4-6,16H,7,15H2,1-3H3. The summed E-state index contributed by atoms with van der Waals surface area (Å²) in [5.41, 5.74) is 4.90. The third-order valence-electron chi connectivity index (χ3n) is 3.28. The number of hydrogen-bond donors (Lipinski definition) is 2. The average molecular weight is 307 g/mol. The Morgan fingerprint density at radius 1 is 1.38 bits per heavy atom. The van der Waals surface area contributed by atoms with Crippen LogP contribution in [0.15, 0.2) is 22.7 Å². The van der Waals surface area contributed by atoms with E-state index in [2.05, 4.69) is 15.9 Å². The van der Waals surface area contributed by atoms with Crippen molar-refractivity contribution < 1.29 is 5.11 Å². The lowest BCUT2D eigenvalue weighted by Gasteiger charge is -2.40. The SMILES string of the molecule is CC(C)(CN)C(C)(O)c1ccc(Br)cc1Cl. The summed E-state index contributed by atoms with van der Waals surface area (Å²) in [6, 6.07) is 5.46. The smallest absolute Gasteiger partial charge is 0.0945 e. The molecule has 0 heterocycles. The molecule has 90 valence electrons. The number of halogens is 2. The molecule has 1 rings (SSSR count). The summed E-state index contributed by atoms with van der Waals surface area (Å²) < 4.78 is 0.891. The van der Waals surface area contributed by atoms with Crippen LogP contribution in [0.1, 0.15) is 26.3 Å². The third kappa shape index (κ3) is 2.43. The molecule has 0 aliphatic rings. The first kappa shape index (κ1) is 14.0. The Hall–Kier alpha value is -0.0900. The molecule has 3 N–H and O–H groups in total. The molecule has 0 aliphatic heterocycles. The molecule has 0 saturated carbocycles. The summed E-state index contributed by atoms with van der Waals surface area (Å²) in [6.07, 6.45) is 0. The molecule has 0 saturated heterocycles. The van der Waals surface area contributed by atoms with E-state index in [0.717, 1.165) is 4.47 Å². The van der Waals surface area contributed by atoms with Crippen LogP contribution in [0.25, 0.3) is 0 Å². The number of nitrogens with two attached hydrogens (primary N) is 1. The molecule has 0 aliphatic carbocycles. The number of aliphatic hydroxyl groups is 1. The Morgan fingerprint density at radius 2 is 1.94 bits per heavy atom. The van der Waals surface area contributed by atoms with Crippen LogP contribution >= 0.6 is 27.5 Å². The minimum Gasteiger partial charge on any atom is -0.385 e. The van der Waals surface area contributed by atoms with Crippen LogP contribution in [0.3, 0.4) is 0 Å². The Morgan fingerprint density at radius 3 is 2.38 bits per heavy atom. The van der Waals surface area contributed by atoms with E-state index >= 15 is 0 Å². The van der Waals surface area contributed by atoms with Gasteiger partial charge in [0.2, 0.25) is 0 Å². The van der Waals surface area contributed by atoms with Crippen LogP contribution < -0.4 is 5.73 Å². The number of rotatable bonds is 3. The van der Waals surface area contributed by atoms with Gasteiger partial charge < -0.3 is 10.8 Å². The molecule has 1 unspecified atom stereocenters. The topological polar surface area (TPSA) is 46.2 Å². The van der Waals surface area contributed by atoms with Crippen molar-refractivity contribution in [2.45, 2.75) is 26.4 Å². The Labute approximate surface area is 110 Å². The summed E-state index contributed by atoms with van der Waals surface area (Å²) in [4.78, 5) is 0. The molecule has 16 heavy (non-hydrogen) atoms. The van der Waals surface area contributed by atoms with Crippen LogP contribution in [0, 0.1) is 5.41 Å². The van der Waals surface area contributed by atoms with Crippen molar-refractivity contribution in [3.8, 4) is 0 Å². The second kappa shape index (κ2) is 4.65. The zero-order valence-electron chi connectivity index (χ0n) is 9.72. The molecule has 4 heteroatoms. The highest BCUT2D eigenvalue weighted by atomic mass is 79.9. The van der Waals surface area contributed by atoms with Gasteiger partial charge in [-0.2, -0.15) is 0 Å². The van der Waals surface area contributed by atoms with Gasteiger partial charge in [0.05, 0.1) is 5.60 Å². The first-order chi connectivity index (χ1) is 7.22. The first-order valence-corrected chi connectivity index (χ1v) is 6.27. The van der Waals surface area contributed by atoms with Crippen molar-refractivity contribution in [1.29, 1.82) is 0 Å². The van der Waals surface area contributed by atoms with Crippen molar-refractivity contribution in [2.24, 2.45) is 11.1 Å². The molecule has 1 aromatic rings. The normalized spacial score (nSPS) is 15.9. The monoisotopic (exact) mass is 305 g/mol. The minimum atomic E-state index is -1.06. The highest BCUT2D eigenvalue weighted by Gasteiger charge is 2.40. The van der Waals surface area contributed by atoms with Crippen LogP contribution in [0.5, 0.6) is 0 Å². The van der Waals surface area contributed by atoms with Crippen molar-refractivity contribution >= 4 is 27.5 Å². The van der Waals surface area contributed by atoms with Crippen LogP contribution in [0.2, 0.25) is 5.02 Å². The summed E-state index contributed by atoms with van der Waals surface area (Å²) in [6.45, 7) is 5.97. The van der Waals surface area contributed by atoms with E-state index < -0.39 is 11.0 Å². The predicted octanol–water partition coefficient (Wildman–Crippen LogP) is 3.29. The molecule has 1 aromatic carbocycles. The molecule has 2 nitrogen and oxygen atoms in total. The summed E-state index contributed by atoms with van der Waals surface area (Å²) in [5.74, 6) is 0. The lowest BCUT2D eigenvalue weighted by atomic mass is 9.72. The maximum Gasteiger partial charge on any atom is 0.0945 e. The maximum atomic E-state index is 10.6. The Kier molecular flexibility index (Phi) is 4.06. The van der Waals surface area contributed by atoms with Crippen molar-refractivity contribution in [1.82, 2.24) is 0 Å². The fourth-order valence-electron chi connectivity index (χ4n) is 1.45. The summed E-state index contributed by atoms with van der Waals surface area (Å²) in [5, 5.41) is 11.1. The Bertz CT molecular complexity index is 391. The molecule has 0 spiro atoms. The van der Waals surface area contributed by atoms with E-state index in [9.17, 15) is 5.11 Å². The van der Waals surface area contributed by atoms with Gasteiger partial charge in [0.25, 0.3) is 0 Å². The van der Waals surface area contributed by atoms with Gasteiger partial charge in [-0.25, -0.2) is 0 Å². The molecule has 0 aromatic heterocycles. The zero-order chi connectivity index (χ0) is 12.6. The zero-order valence-corrected chi connectivity index (χ0v) is 12.1. The van der Waals surface area contributed by atoms with E-state index in [1.807, 2.05) is 26.0 Å². The van der Waals surface area contributed by atoms with Crippen molar-refractivity contribution in [2.75, 3.05) is 6.54 Å². The third-order valence-corrected chi connectivity index (χ3v) is 4.09. The largest absolute Gasteiger partial charge is 0.385 e. The highest BCUT2D eigenvalue weighted by molar-refractivity contribution is 9.10. The van der Waals surface area contributed by atoms with E-state index in [1.165, 1.54) is 0 Å². The average Bonchev–Trinajstić information content (AvgIpc) is 2.16. The van der Waals surface area contributed by atoms with Crippen LogP contribution in [-0.2, 0) is 5.60 Å². The lowest BCUT2D eigenvalue weighted by Crippen LogP contribution is -2.44. The summed E-state index contributed by atoms with van der Waals surface area (Å²) in [7, 11) is 0. The second-order valence-corrected chi connectivity index (χ2v) is 6.11. The van der Waals surface area contributed by atoms with Crippen LogP contribution in [-0.4, -0.2) is 11.7 Å². The first-order valence-electron chi connectivity index (χ1n) is 5.10.